The van der Waals surface area contributed by atoms with Crippen molar-refractivity contribution < 1.29 is 14.7 Å². The van der Waals surface area contributed by atoms with Crippen LogP contribution < -0.4 is 10.6 Å². The van der Waals surface area contributed by atoms with Crippen molar-refractivity contribution in [3.05, 3.63) is 35.4 Å². The van der Waals surface area contributed by atoms with Crippen LogP contribution in [0, 0.1) is 5.41 Å². The van der Waals surface area contributed by atoms with Crippen LogP contribution in [0.15, 0.2) is 24.3 Å². The van der Waals surface area contributed by atoms with E-state index in [4.69, 9.17) is 17.3 Å². The van der Waals surface area contributed by atoms with Gasteiger partial charge in [-0.2, -0.15) is 0 Å². The first kappa shape index (κ1) is 16.1. The van der Waals surface area contributed by atoms with E-state index < -0.39 is 11.4 Å². The molecule has 1 amide bonds. The van der Waals surface area contributed by atoms with Gasteiger partial charge in [0, 0.05) is 12.0 Å². The normalized spacial score (nSPS) is 10.8. The van der Waals surface area contributed by atoms with Crippen LogP contribution in [0.25, 0.3) is 0 Å². The largest absolute Gasteiger partial charge is 0.478 e. The molecule has 0 aromatic heterocycles. The summed E-state index contributed by atoms with van der Waals surface area (Å²) in [6.45, 7) is 5.82. The first-order valence-electron chi connectivity index (χ1n) is 6.11. The second-order valence-corrected chi connectivity index (χ2v) is 5.80. The van der Waals surface area contributed by atoms with Crippen LogP contribution in [0.3, 0.4) is 0 Å². The highest BCUT2D eigenvalue weighted by Gasteiger charge is 2.21. The molecule has 0 saturated heterocycles. The molecule has 6 heteroatoms. The minimum Gasteiger partial charge on any atom is -0.478 e. The number of amides is 1. The molecule has 0 heterocycles. The van der Waals surface area contributed by atoms with E-state index in [0.29, 0.717) is 6.54 Å². The Kier molecular flexibility index (Phi) is 5.21. The summed E-state index contributed by atoms with van der Waals surface area (Å²) in [5.41, 5.74) is 0.606. The zero-order valence-electron chi connectivity index (χ0n) is 11.7. The molecule has 5 nitrogen and oxygen atoms in total. The highest BCUT2D eigenvalue weighted by Crippen LogP contribution is 2.12. The molecule has 20 heavy (non-hydrogen) atoms. The fourth-order valence-corrected chi connectivity index (χ4v) is 1.45. The van der Waals surface area contributed by atoms with E-state index in [9.17, 15) is 9.59 Å². The van der Waals surface area contributed by atoms with Gasteiger partial charge in [0.1, 0.15) is 0 Å². The van der Waals surface area contributed by atoms with E-state index in [1.807, 2.05) is 0 Å². The van der Waals surface area contributed by atoms with Crippen LogP contribution in [0.1, 0.15) is 36.7 Å². The zero-order chi connectivity index (χ0) is 15.3. The molecule has 0 radical (unpaired) electrons. The smallest absolute Gasteiger partial charge is 0.335 e. The fourth-order valence-electron chi connectivity index (χ4n) is 1.28. The second kappa shape index (κ2) is 6.47. The molecule has 1 aromatic rings. The summed E-state index contributed by atoms with van der Waals surface area (Å²) in [6, 6.07) is 6.45. The van der Waals surface area contributed by atoms with Crippen molar-refractivity contribution in [1.82, 2.24) is 10.6 Å². The summed E-state index contributed by atoms with van der Waals surface area (Å²) in [5.74, 6) is -1.12. The molecule has 0 aliphatic carbocycles. The Hall–Kier alpha value is -1.95. The molecule has 0 unspecified atom stereocenters. The summed E-state index contributed by atoms with van der Waals surface area (Å²) in [5, 5.41) is 14.6. The maximum Gasteiger partial charge on any atom is 0.335 e. The number of nitrogens with one attached hydrogen (secondary N) is 2. The Morgan fingerprint density at radius 3 is 2.20 bits per heavy atom. The summed E-state index contributed by atoms with van der Waals surface area (Å²) in [6.07, 6.45) is 0. The molecule has 0 aliphatic heterocycles. The molecule has 0 bridgehead atoms. The lowest BCUT2D eigenvalue weighted by Gasteiger charge is -2.18. The number of aromatic carboxylic acids is 1. The van der Waals surface area contributed by atoms with E-state index >= 15 is 0 Å². The van der Waals surface area contributed by atoms with Crippen LogP contribution in [-0.2, 0) is 11.3 Å². The Morgan fingerprint density at radius 1 is 1.20 bits per heavy atom. The van der Waals surface area contributed by atoms with Gasteiger partial charge in [0.2, 0.25) is 5.91 Å². The van der Waals surface area contributed by atoms with E-state index in [1.54, 1.807) is 32.9 Å². The van der Waals surface area contributed by atoms with Gasteiger partial charge in [0.15, 0.2) is 5.11 Å². The van der Waals surface area contributed by atoms with Gasteiger partial charge in [-0.25, -0.2) is 4.79 Å². The van der Waals surface area contributed by atoms with Crippen LogP contribution in [0.5, 0.6) is 0 Å². The third kappa shape index (κ3) is 4.97. The van der Waals surface area contributed by atoms with E-state index in [2.05, 4.69) is 10.6 Å². The monoisotopic (exact) mass is 294 g/mol. The number of carbonyl (C=O) groups is 2. The highest BCUT2D eigenvalue weighted by molar-refractivity contribution is 7.80. The first-order valence-corrected chi connectivity index (χ1v) is 6.52. The van der Waals surface area contributed by atoms with Crippen molar-refractivity contribution in [3.8, 4) is 0 Å². The van der Waals surface area contributed by atoms with Gasteiger partial charge in [-0.15, -0.1) is 0 Å². The molecule has 3 N–H and O–H groups in total. The number of benzene rings is 1. The molecule has 108 valence electrons. The number of carboxylic acids is 1. The summed E-state index contributed by atoms with van der Waals surface area (Å²) in [4.78, 5) is 22.4. The SMILES string of the molecule is CC(C)(C)C(=O)NC(=S)NCc1ccc(C(=O)O)cc1. The molecule has 0 fully saturated rings. The minimum atomic E-state index is -0.961. The first-order chi connectivity index (χ1) is 9.20. The van der Waals surface area contributed by atoms with Gasteiger partial charge in [0.05, 0.1) is 5.56 Å². The number of thiocarbonyl (C=S) groups is 1. The van der Waals surface area contributed by atoms with E-state index in [1.165, 1.54) is 12.1 Å². The molecule has 1 rings (SSSR count). The standard InChI is InChI=1S/C14H18N2O3S/c1-14(2,3)12(19)16-13(20)15-8-9-4-6-10(7-5-9)11(17)18/h4-7H,8H2,1-3H3,(H,17,18)(H2,15,16,19,20). The topological polar surface area (TPSA) is 78.4 Å². The molecule has 0 aliphatic rings. The number of hydrogen-bond donors (Lipinski definition) is 3. The molecule has 0 spiro atoms. The lowest BCUT2D eigenvalue weighted by molar-refractivity contribution is -0.126. The molecule has 0 atom stereocenters. The Labute approximate surface area is 123 Å². The molecule has 1 aromatic carbocycles. The summed E-state index contributed by atoms with van der Waals surface area (Å²) < 4.78 is 0. The van der Waals surface area contributed by atoms with Crippen molar-refractivity contribution in [2.24, 2.45) is 5.41 Å². The highest BCUT2D eigenvalue weighted by atomic mass is 32.1. The van der Waals surface area contributed by atoms with Gasteiger partial charge in [0.25, 0.3) is 0 Å². The quantitative estimate of drug-likeness (QED) is 0.742. The molecule has 0 saturated carbocycles. The maximum atomic E-state index is 11.7. The third-order valence-corrected chi connectivity index (χ3v) is 2.81. The Balaban J connectivity index is 2.49. The van der Waals surface area contributed by atoms with Gasteiger partial charge >= 0.3 is 5.97 Å². The molecular formula is C14H18N2O3S. The maximum absolute atomic E-state index is 11.7. The average molecular weight is 294 g/mol. The second-order valence-electron chi connectivity index (χ2n) is 5.39. The minimum absolute atomic E-state index is 0.156. The lowest BCUT2D eigenvalue weighted by atomic mass is 9.96. The average Bonchev–Trinajstić information content (AvgIpc) is 2.35. The van der Waals surface area contributed by atoms with Crippen molar-refractivity contribution >= 4 is 29.2 Å². The lowest BCUT2D eigenvalue weighted by Crippen LogP contribution is -2.44. The van der Waals surface area contributed by atoms with Crippen LogP contribution in [-0.4, -0.2) is 22.1 Å². The van der Waals surface area contributed by atoms with Gasteiger partial charge < -0.3 is 15.7 Å². The van der Waals surface area contributed by atoms with Crippen molar-refractivity contribution in [2.45, 2.75) is 27.3 Å². The molecular weight excluding hydrogens is 276 g/mol. The number of carbonyl (C=O) groups excluding carboxylic acids is 1. The number of rotatable bonds is 3. The van der Waals surface area contributed by atoms with Crippen LogP contribution in [0.4, 0.5) is 0 Å². The van der Waals surface area contributed by atoms with Crippen molar-refractivity contribution in [2.75, 3.05) is 0 Å². The van der Waals surface area contributed by atoms with Gasteiger partial charge in [-0.05, 0) is 29.9 Å². The van der Waals surface area contributed by atoms with E-state index in [0.717, 1.165) is 5.56 Å². The van der Waals surface area contributed by atoms with Crippen LogP contribution >= 0.6 is 12.2 Å². The van der Waals surface area contributed by atoms with Crippen molar-refractivity contribution in [1.29, 1.82) is 0 Å². The predicted octanol–water partition coefficient (Wildman–Crippen LogP) is 1.92. The predicted molar refractivity (Wildman–Crippen MR) is 80.4 cm³/mol. The van der Waals surface area contributed by atoms with Crippen molar-refractivity contribution in [3.63, 3.8) is 0 Å². The summed E-state index contributed by atoms with van der Waals surface area (Å²) in [7, 11) is 0. The Bertz CT molecular complexity index is 518. The zero-order valence-corrected chi connectivity index (χ0v) is 12.5. The van der Waals surface area contributed by atoms with Crippen LogP contribution in [0.2, 0.25) is 0 Å². The van der Waals surface area contributed by atoms with E-state index in [-0.39, 0.29) is 16.6 Å². The van der Waals surface area contributed by atoms with Gasteiger partial charge in [-0.1, -0.05) is 32.9 Å². The fraction of sp³-hybridized carbons (Fsp3) is 0.357. The number of carboxylic acid groups (broad SMARTS) is 1. The van der Waals surface area contributed by atoms with Gasteiger partial charge in [-0.3, -0.25) is 4.79 Å². The Morgan fingerprint density at radius 2 is 1.75 bits per heavy atom. The number of hydrogen-bond acceptors (Lipinski definition) is 3. The third-order valence-electron chi connectivity index (χ3n) is 2.56. The summed E-state index contributed by atoms with van der Waals surface area (Å²) >= 11 is 5.03.